The highest BCUT2D eigenvalue weighted by Gasteiger charge is 2.30. The molecule has 9 nitrogen and oxygen atoms in total. The van der Waals surface area contributed by atoms with Crippen LogP contribution in [0.25, 0.3) is 33.2 Å². The Morgan fingerprint density at radius 2 is 1.72 bits per heavy atom. The van der Waals surface area contributed by atoms with Crippen molar-refractivity contribution >= 4 is 34.5 Å². The Kier molecular flexibility index (Phi) is 7.68. The normalized spacial score (nSPS) is 11.3. The molecule has 3 N–H and O–H groups in total. The monoisotopic (exact) mass is 587 g/mol. The summed E-state index contributed by atoms with van der Waals surface area (Å²) in [6.07, 6.45) is -2.26. The molecule has 43 heavy (non-hydrogen) atoms. The number of phenolic OH excluding ortho intramolecular Hbond substituents is 1. The summed E-state index contributed by atoms with van der Waals surface area (Å²) in [7, 11) is 1.20. The number of ether oxygens (including phenoxy) is 1. The second kappa shape index (κ2) is 11.4. The van der Waals surface area contributed by atoms with E-state index >= 15 is 0 Å². The Morgan fingerprint density at radius 1 is 0.930 bits per heavy atom. The molecule has 0 aliphatic rings. The minimum absolute atomic E-state index is 0.0145. The zero-order chi connectivity index (χ0) is 30.9. The summed E-state index contributed by atoms with van der Waals surface area (Å²) >= 11 is 0. The van der Waals surface area contributed by atoms with Gasteiger partial charge in [0.05, 0.1) is 23.8 Å². The lowest BCUT2D eigenvalue weighted by Gasteiger charge is -2.17. The Hall–Kier alpha value is -5.52. The molecule has 2 heterocycles. The molecule has 0 fully saturated rings. The number of aromatic hydroxyl groups is 1. The molecule has 3 aromatic carbocycles. The number of hydrogen-bond donors (Lipinski definition) is 3. The maximum absolute atomic E-state index is 13.2. The number of halogens is 3. The summed E-state index contributed by atoms with van der Waals surface area (Å²) in [5, 5.41) is 17.1. The van der Waals surface area contributed by atoms with Gasteiger partial charge in [0.25, 0.3) is 5.91 Å². The predicted molar refractivity (Wildman–Crippen MR) is 155 cm³/mol. The molecule has 0 radical (unpaired) electrons. The summed E-state index contributed by atoms with van der Waals surface area (Å²) in [4.78, 5) is 37.8. The molecule has 5 aromatic rings. The van der Waals surface area contributed by atoms with Crippen LogP contribution < -0.4 is 10.6 Å². The molecule has 0 atom stereocenters. The first kappa shape index (κ1) is 29.0. The van der Waals surface area contributed by atoms with Crippen molar-refractivity contribution in [3.8, 4) is 28.0 Å². The van der Waals surface area contributed by atoms with E-state index in [0.717, 1.165) is 12.1 Å². The van der Waals surface area contributed by atoms with Crippen LogP contribution in [0.1, 0.15) is 27.2 Å². The van der Waals surface area contributed by atoms with Crippen LogP contribution in [0.3, 0.4) is 0 Å². The number of benzene rings is 3. The number of methoxy groups -OCH3 is 1. The SMILES string of the molecule is COC(=O)Nc1ncc2cc(-c3cc(C(=O)Nc4cccc(C(F)(F)F)c4)ccc3C)c(O)c(-c3ccnc(C)c3)c2n1. The highest BCUT2D eigenvalue weighted by atomic mass is 19.4. The number of aryl methyl sites for hydroxylation is 2. The van der Waals surface area contributed by atoms with Crippen molar-refractivity contribution in [2.45, 2.75) is 20.0 Å². The van der Waals surface area contributed by atoms with Crippen LogP contribution in [-0.2, 0) is 10.9 Å². The van der Waals surface area contributed by atoms with Crippen LogP contribution in [-0.4, -0.2) is 39.2 Å². The third-order valence-corrected chi connectivity index (χ3v) is 6.67. The van der Waals surface area contributed by atoms with E-state index in [1.165, 1.54) is 25.4 Å². The van der Waals surface area contributed by atoms with Gasteiger partial charge < -0.3 is 15.2 Å². The average molecular weight is 588 g/mol. The number of aromatic nitrogens is 3. The molecular weight excluding hydrogens is 563 g/mol. The number of phenols is 1. The largest absolute Gasteiger partial charge is 0.507 e. The lowest BCUT2D eigenvalue weighted by atomic mass is 9.91. The van der Waals surface area contributed by atoms with Gasteiger partial charge in [-0.15, -0.1) is 0 Å². The minimum atomic E-state index is -4.56. The molecule has 0 aliphatic carbocycles. The molecular formula is C31H24F3N5O4. The Labute approximate surface area is 243 Å². The van der Waals surface area contributed by atoms with Crippen LogP contribution in [0.4, 0.5) is 29.6 Å². The third kappa shape index (κ3) is 6.08. The number of carbonyl (C=O) groups is 2. The molecule has 2 amide bonds. The fourth-order valence-corrected chi connectivity index (χ4v) is 4.58. The lowest BCUT2D eigenvalue weighted by Crippen LogP contribution is -2.13. The van der Waals surface area contributed by atoms with Gasteiger partial charge in [-0.05, 0) is 79.1 Å². The Bertz CT molecular complexity index is 1890. The van der Waals surface area contributed by atoms with Crippen molar-refractivity contribution in [1.82, 2.24) is 15.0 Å². The van der Waals surface area contributed by atoms with E-state index in [4.69, 9.17) is 0 Å². The van der Waals surface area contributed by atoms with Crippen molar-refractivity contribution in [3.63, 3.8) is 0 Å². The zero-order valence-electron chi connectivity index (χ0n) is 23.1. The second-order valence-corrected chi connectivity index (χ2v) is 9.64. The van der Waals surface area contributed by atoms with E-state index in [9.17, 15) is 27.9 Å². The average Bonchev–Trinajstić information content (AvgIpc) is 2.97. The van der Waals surface area contributed by atoms with Gasteiger partial charge >= 0.3 is 12.3 Å². The van der Waals surface area contributed by atoms with E-state index < -0.39 is 23.7 Å². The van der Waals surface area contributed by atoms with Crippen molar-refractivity contribution in [2.24, 2.45) is 0 Å². The van der Waals surface area contributed by atoms with Gasteiger partial charge in [0.2, 0.25) is 5.95 Å². The van der Waals surface area contributed by atoms with Crippen LogP contribution in [0, 0.1) is 13.8 Å². The first-order chi connectivity index (χ1) is 20.4. The molecule has 218 valence electrons. The predicted octanol–water partition coefficient (Wildman–Crippen LogP) is 7.13. The van der Waals surface area contributed by atoms with Crippen molar-refractivity contribution in [3.05, 3.63) is 95.4 Å². The zero-order valence-corrected chi connectivity index (χ0v) is 23.1. The number of nitrogens with one attached hydrogen (secondary N) is 2. The van der Waals surface area contributed by atoms with Crippen LogP contribution >= 0.6 is 0 Å². The number of alkyl halides is 3. The van der Waals surface area contributed by atoms with E-state index in [0.29, 0.717) is 44.4 Å². The second-order valence-electron chi connectivity index (χ2n) is 9.64. The fourth-order valence-electron chi connectivity index (χ4n) is 4.58. The van der Waals surface area contributed by atoms with E-state index in [-0.39, 0.29) is 22.9 Å². The Morgan fingerprint density at radius 3 is 2.44 bits per heavy atom. The number of hydrogen-bond acceptors (Lipinski definition) is 7. The number of carbonyl (C=O) groups excluding carboxylic acids is 2. The number of anilines is 2. The molecule has 0 saturated carbocycles. The molecule has 0 bridgehead atoms. The van der Waals surface area contributed by atoms with Gasteiger partial charge in [-0.25, -0.2) is 14.8 Å². The number of nitrogens with zero attached hydrogens (tertiary/aromatic N) is 3. The Balaban J connectivity index is 1.62. The van der Waals surface area contributed by atoms with Crippen molar-refractivity contribution in [2.75, 3.05) is 17.7 Å². The number of rotatable bonds is 5. The number of amides is 2. The summed E-state index contributed by atoms with van der Waals surface area (Å²) in [5.41, 5.74) is 2.79. The van der Waals surface area contributed by atoms with Gasteiger partial charge in [-0.2, -0.15) is 13.2 Å². The van der Waals surface area contributed by atoms with E-state index in [1.807, 2.05) is 0 Å². The van der Waals surface area contributed by atoms with E-state index in [2.05, 4.69) is 30.3 Å². The molecule has 5 rings (SSSR count). The summed E-state index contributed by atoms with van der Waals surface area (Å²) in [5.74, 6) is -0.824. The number of fused-ring (bicyclic) bond motifs is 1. The molecule has 0 unspecified atom stereocenters. The van der Waals surface area contributed by atoms with E-state index in [1.54, 1.807) is 56.4 Å². The molecule has 0 spiro atoms. The number of pyridine rings is 1. The van der Waals surface area contributed by atoms with Crippen LogP contribution in [0.5, 0.6) is 5.75 Å². The lowest BCUT2D eigenvalue weighted by molar-refractivity contribution is -0.137. The molecule has 0 saturated heterocycles. The van der Waals surface area contributed by atoms with Crippen molar-refractivity contribution < 1.29 is 32.6 Å². The van der Waals surface area contributed by atoms with Gasteiger partial charge in [0.1, 0.15) is 5.75 Å². The fraction of sp³-hybridized carbons (Fsp3) is 0.129. The minimum Gasteiger partial charge on any atom is -0.507 e. The first-order valence-electron chi connectivity index (χ1n) is 12.8. The topological polar surface area (TPSA) is 126 Å². The van der Waals surface area contributed by atoms with Gasteiger partial charge in [0.15, 0.2) is 0 Å². The first-order valence-corrected chi connectivity index (χ1v) is 12.8. The van der Waals surface area contributed by atoms with Gasteiger partial charge in [-0.1, -0.05) is 12.1 Å². The molecule has 0 aliphatic heterocycles. The van der Waals surface area contributed by atoms with Crippen LogP contribution in [0.2, 0.25) is 0 Å². The van der Waals surface area contributed by atoms with Crippen molar-refractivity contribution in [1.29, 1.82) is 0 Å². The summed E-state index contributed by atoms with van der Waals surface area (Å²) in [6.45, 7) is 3.59. The summed E-state index contributed by atoms with van der Waals surface area (Å²) < 4.78 is 44.1. The maximum Gasteiger partial charge on any atom is 0.416 e. The third-order valence-electron chi connectivity index (χ3n) is 6.67. The molecule has 12 heteroatoms. The smallest absolute Gasteiger partial charge is 0.416 e. The molecule has 2 aromatic heterocycles. The van der Waals surface area contributed by atoms with Gasteiger partial charge in [0, 0.05) is 40.3 Å². The quantitative estimate of drug-likeness (QED) is 0.200. The van der Waals surface area contributed by atoms with Crippen LogP contribution in [0.15, 0.2) is 73.1 Å². The summed E-state index contributed by atoms with van der Waals surface area (Å²) in [6, 6.07) is 14.2. The standard InChI is InChI=1S/C31H24F3N5O4/c1-16-7-8-19(28(41)37-22-6-4-5-21(14-22)31(32,33)34)12-23(16)24-13-20-15-36-29(39-30(42)43-3)38-26(20)25(27(24)40)18-9-10-35-17(2)11-18/h4-15,40H,1-3H3,(H,37,41)(H,36,38,39,42). The van der Waals surface area contributed by atoms with Gasteiger partial charge in [-0.3, -0.25) is 15.1 Å². The highest BCUT2D eigenvalue weighted by molar-refractivity contribution is 6.07. The highest BCUT2D eigenvalue weighted by Crippen LogP contribution is 2.44. The maximum atomic E-state index is 13.2.